The minimum Gasteiger partial charge on any atom is -0.306 e. The van der Waals surface area contributed by atoms with Crippen LogP contribution in [0.3, 0.4) is 0 Å². The first-order chi connectivity index (χ1) is 18.0. The van der Waals surface area contributed by atoms with Crippen molar-refractivity contribution in [1.82, 2.24) is 14.9 Å². The molecule has 1 aliphatic rings. The van der Waals surface area contributed by atoms with E-state index < -0.39 is 31.9 Å². The third-order valence-corrected chi connectivity index (χ3v) is 9.99. The van der Waals surface area contributed by atoms with Crippen molar-refractivity contribution in [2.24, 2.45) is 0 Å². The normalized spacial score (nSPS) is 16.2. The fraction of sp³-hybridized carbons (Fsp3) is 0.259. The van der Waals surface area contributed by atoms with Crippen LogP contribution in [0.1, 0.15) is 23.8 Å². The predicted molar refractivity (Wildman–Crippen MR) is 145 cm³/mol. The molecule has 4 aromatic rings. The SMILES string of the molecule is CN1CCC(c2nc(-c3cccc(NS(C)(=O)(O)c4cc(F)ccc4F)c3F)c(-c3ccncc3)s2)CC1. The van der Waals surface area contributed by atoms with E-state index in [1.807, 2.05) is 12.1 Å². The van der Waals surface area contributed by atoms with E-state index in [1.54, 1.807) is 18.5 Å². The van der Waals surface area contributed by atoms with Crippen LogP contribution in [0.4, 0.5) is 18.9 Å². The highest BCUT2D eigenvalue weighted by molar-refractivity contribution is 8.15. The fourth-order valence-electron chi connectivity index (χ4n) is 4.60. The van der Waals surface area contributed by atoms with Gasteiger partial charge in [-0.15, -0.1) is 20.9 Å². The molecule has 0 unspecified atom stereocenters. The molecule has 1 aliphatic heterocycles. The number of thiazole rings is 1. The lowest BCUT2D eigenvalue weighted by Crippen LogP contribution is -2.40. The maximum absolute atomic E-state index is 16.0. The van der Waals surface area contributed by atoms with Gasteiger partial charge in [0.05, 0.1) is 21.3 Å². The van der Waals surface area contributed by atoms with Crippen molar-refractivity contribution in [1.29, 1.82) is 0 Å². The van der Waals surface area contributed by atoms with Gasteiger partial charge >= 0.3 is 0 Å². The molecule has 2 aromatic carbocycles. The Morgan fingerprint density at radius 2 is 1.79 bits per heavy atom. The van der Waals surface area contributed by atoms with Crippen molar-refractivity contribution in [2.45, 2.75) is 23.7 Å². The van der Waals surface area contributed by atoms with E-state index in [-0.39, 0.29) is 17.2 Å². The van der Waals surface area contributed by atoms with E-state index >= 15 is 4.39 Å². The second-order valence-electron chi connectivity index (χ2n) is 9.67. The van der Waals surface area contributed by atoms with Crippen molar-refractivity contribution in [3.8, 4) is 21.7 Å². The lowest BCUT2D eigenvalue weighted by atomic mass is 9.98. The molecule has 0 bridgehead atoms. The van der Waals surface area contributed by atoms with Gasteiger partial charge in [0.1, 0.15) is 16.5 Å². The molecule has 2 aromatic heterocycles. The summed E-state index contributed by atoms with van der Waals surface area (Å²) in [6.45, 7) is 1.88. The summed E-state index contributed by atoms with van der Waals surface area (Å²) >= 11 is 1.50. The number of rotatable bonds is 6. The molecule has 0 saturated carbocycles. The first-order valence-corrected chi connectivity index (χ1v) is 15.2. The zero-order valence-corrected chi connectivity index (χ0v) is 22.5. The van der Waals surface area contributed by atoms with Crippen LogP contribution in [-0.4, -0.2) is 50.0 Å². The Bertz CT molecular complexity index is 1550. The highest BCUT2D eigenvalue weighted by atomic mass is 32.3. The number of hydrogen-bond donors (Lipinski definition) is 2. The number of pyridine rings is 1. The number of likely N-dealkylation sites (tertiary alicyclic amines) is 1. The number of halogens is 3. The van der Waals surface area contributed by atoms with Gasteiger partial charge in [0.15, 0.2) is 5.82 Å². The first-order valence-electron chi connectivity index (χ1n) is 12.0. The first kappa shape index (κ1) is 26.5. The Morgan fingerprint density at radius 1 is 1.08 bits per heavy atom. The second kappa shape index (κ2) is 9.88. The van der Waals surface area contributed by atoms with Crippen LogP contribution in [0.25, 0.3) is 21.7 Å². The summed E-state index contributed by atoms with van der Waals surface area (Å²) in [5, 5.41) is 0.902. The summed E-state index contributed by atoms with van der Waals surface area (Å²) in [5.74, 6) is -2.56. The average Bonchev–Trinajstić information content (AvgIpc) is 3.32. The minimum absolute atomic E-state index is 0.125. The van der Waals surface area contributed by atoms with Crippen molar-refractivity contribution in [3.63, 3.8) is 0 Å². The van der Waals surface area contributed by atoms with Crippen LogP contribution in [0, 0.1) is 17.5 Å². The van der Waals surface area contributed by atoms with Gasteiger partial charge in [0, 0.05) is 36.2 Å². The van der Waals surface area contributed by atoms with E-state index in [9.17, 15) is 17.5 Å². The quantitative estimate of drug-likeness (QED) is 0.285. The number of aromatic nitrogens is 2. The van der Waals surface area contributed by atoms with Crippen LogP contribution in [0.2, 0.25) is 0 Å². The van der Waals surface area contributed by atoms with E-state index in [1.165, 1.54) is 23.5 Å². The summed E-state index contributed by atoms with van der Waals surface area (Å²) in [4.78, 5) is 11.2. The molecule has 0 spiro atoms. The van der Waals surface area contributed by atoms with Gasteiger partial charge in [-0.3, -0.25) is 14.3 Å². The van der Waals surface area contributed by atoms with Crippen LogP contribution in [-0.2, 0) is 9.53 Å². The fourth-order valence-corrected chi connectivity index (χ4v) is 7.56. The van der Waals surface area contributed by atoms with E-state index in [0.717, 1.165) is 59.8 Å². The molecule has 6 nitrogen and oxygen atoms in total. The highest BCUT2D eigenvalue weighted by Gasteiger charge is 2.31. The largest absolute Gasteiger partial charge is 0.306 e. The molecule has 3 heterocycles. The molecule has 0 amide bonds. The van der Waals surface area contributed by atoms with Crippen molar-refractivity contribution in [3.05, 3.63) is 83.4 Å². The van der Waals surface area contributed by atoms with Crippen LogP contribution >= 0.6 is 11.3 Å². The summed E-state index contributed by atoms with van der Waals surface area (Å²) in [6, 6.07) is 10.2. The monoisotopic (exact) mass is 560 g/mol. The van der Waals surface area contributed by atoms with Crippen molar-refractivity contribution >= 4 is 26.6 Å². The van der Waals surface area contributed by atoms with E-state index in [4.69, 9.17) is 4.98 Å². The molecule has 1 saturated heterocycles. The lowest BCUT2D eigenvalue weighted by Gasteiger charge is -2.40. The van der Waals surface area contributed by atoms with Crippen molar-refractivity contribution in [2.75, 3.05) is 31.1 Å². The molecule has 0 atom stereocenters. The average molecular weight is 561 g/mol. The molecule has 0 aliphatic carbocycles. The van der Waals surface area contributed by atoms with Gasteiger partial charge in [0.2, 0.25) is 0 Å². The Balaban J connectivity index is 1.59. The number of piperidine rings is 1. The Labute approximate surface area is 222 Å². The van der Waals surface area contributed by atoms with Gasteiger partial charge in [0.25, 0.3) is 0 Å². The Kier molecular flexibility index (Phi) is 6.89. The zero-order chi connectivity index (χ0) is 27.1. The third kappa shape index (κ3) is 5.24. The number of hydrogen-bond acceptors (Lipinski definition) is 5. The molecule has 5 rings (SSSR count). The van der Waals surface area contributed by atoms with Gasteiger partial charge in [-0.25, -0.2) is 18.2 Å². The van der Waals surface area contributed by atoms with E-state index in [0.29, 0.717) is 11.8 Å². The Morgan fingerprint density at radius 3 is 2.50 bits per heavy atom. The lowest BCUT2D eigenvalue weighted by molar-refractivity contribution is 0.255. The summed E-state index contributed by atoms with van der Waals surface area (Å²) in [7, 11) is -3.16. The molecule has 200 valence electrons. The van der Waals surface area contributed by atoms with Crippen LogP contribution in [0.5, 0.6) is 0 Å². The molecule has 38 heavy (non-hydrogen) atoms. The van der Waals surface area contributed by atoms with Gasteiger partial charge in [-0.1, -0.05) is 6.07 Å². The maximum Gasteiger partial charge on any atom is 0.157 e. The summed E-state index contributed by atoms with van der Waals surface area (Å²) in [6.07, 6.45) is 6.00. The molecule has 0 radical (unpaired) electrons. The summed E-state index contributed by atoms with van der Waals surface area (Å²) < 4.78 is 71.1. The smallest absolute Gasteiger partial charge is 0.157 e. The molecule has 2 N–H and O–H groups in total. The Hall–Kier alpha value is -3.12. The second-order valence-corrected chi connectivity index (χ2v) is 13.9. The van der Waals surface area contributed by atoms with Gasteiger partial charge in [-0.2, -0.15) is 4.21 Å². The van der Waals surface area contributed by atoms with Gasteiger partial charge in [-0.05, 0) is 74.9 Å². The third-order valence-electron chi connectivity index (χ3n) is 6.67. The standard InChI is InChI=1S/C27H27F3N4O2S2/c1-34-14-10-18(11-15-34)27-32-25(26(37-27)17-8-12-31-13-9-17)20-4-3-5-22(24(20)30)33-38(2,35,36)23-16-19(28)6-7-21(23)29/h3-9,12-13,16,18H,10-11,14-15H2,1-2H3,(H2,33,35,36). The predicted octanol–water partition coefficient (Wildman–Crippen LogP) is 6.41. The number of benzene rings is 2. The maximum atomic E-state index is 16.0. The zero-order valence-electron chi connectivity index (χ0n) is 20.8. The van der Waals surface area contributed by atoms with Crippen LogP contribution < -0.4 is 4.72 Å². The molecule has 1 fully saturated rings. The van der Waals surface area contributed by atoms with Crippen LogP contribution in [0.15, 0.2) is 65.8 Å². The highest BCUT2D eigenvalue weighted by Crippen LogP contribution is 2.43. The van der Waals surface area contributed by atoms with Crippen molar-refractivity contribution < 1.29 is 21.9 Å². The number of nitrogens with zero attached hydrogens (tertiary/aromatic N) is 3. The molecular formula is C27H27F3N4O2S2. The molecular weight excluding hydrogens is 533 g/mol. The minimum atomic E-state index is -5.24. The van der Waals surface area contributed by atoms with Gasteiger partial charge < -0.3 is 4.90 Å². The molecule has 11 heteroatoms. The number of anilines is 1. The van der Waals surface area contributed by atoms with E-state index in [2.05, 4.69) is 21.7 Å². The number of nitrogens with one attached hydrogen (secondary N) is 1. The topological polar surface area (TPSA) is 78.4 Å². The summed E-state index contributed by atoms with van der Waals surface area (Å²) in [5.41, 5.74) is 1.03.